The van der Waals surface area contributed by atoms with Gasteiger partial charge in [-0.15, -0.1) is 0 Å². The van der Waals surface area contributed by atoms with E-state index in [1.54, 1.807) is 6.26 Å². The van der Waals surface area contributed by atoms with E-state index in [0.29, 0.717) is 0 Å². The molecule has 1 aromatic carbocycles. The molecule has 20 heavy (non-hydrogen) atoms. The second-order valence-corrected chi connectivity index (χ2v) is 4.44. The van der Waals surface area contributed by atoms with E-state index in [9.17, 15) is 4.79 Å². The molecule has 5 heteroatoms. The summed E-state index contributed by atoms with van der Waals surface area (Å²) in [5.74, 6) is 0.708. The number of amides is 1. The summed E-state index contributed by atoms with van der Waals surface area (Å²) in [4.78, 5) is 11.4. The van der Waals surface area contributed by atoms with Crippen LogP contribution < -0.4 is 10.6 Å². The van der Waals surface area contributed by atoms with Crippen molar-refractivity contribution in [1.29, 1.82) is 0 Å². The minimum Gasteiger partial charge on any atom is -0.467 e. The van der Waals surface area contributed by atoms with Gasteiger partial charge in [0.2, 0.25) is 5.91 Å². The Labute approximate surface area is 117 Å². The van der Waals surface area contributed by atoms with E-state index in [1.165, 1.54) is 7.11 Å². The molecule has 2 aromatic rings. The molecule has 1 unspecified atom stereocenters. The van der Waals surface area contributed by atoms with E-state index in [0.717, 1.165) is 17.1 Å². The van der Waals surface area contributed by atoms with E-state index >= 15 is 0 Å². The molecular weight excluding hydrogens is 256 g/mol. The highest BCUT2D eigenvalue weighted by molar-refractivity contribution is 5.91. The first-order chi connectivity index (χ1) is 9.69. The van der Waals surface area contributed by atoms with Crippen molar-refractivity contribution < 1.29 is 13.9 Å². The fourth-order valence-electron chi connectivity index (χ4n) is 1.84. The van der Waals surface area contributed by atoms with Gasteiger partial charge in [0.05, 0.1) is 12.3 Å². The zero-order valence-electron chi connectivity index (χ0n) is 11.6. The van der Waals surface area contributed by atoms with Crippen LogP contribution in [0, 0.1) is 0 Å². The number of ether oxygens (including phenoxy) is 1. The maximum atomic E-state index is 11.4. The van der Waals surface area contributed by atoms with Crippen LogP contribution in [-0.2, 0) is 9.53 Å². The maximum Gasteiger partial charge on any atom is 0.250 e. The first-order valence-electron chi connectivity index (χ1n) is 6.38. The van der Waals surface area contributed by atoms with E-state index in [4.69, 9.17) is 9.15 Å². The molecule has 5 nitrogen and oxygen atoms in total. The smallest absolute Gasteiger partial charge is 0.250 e. The summed E-state index contributed by atoms with van der Waals surface area (Å²) >= 11 is 0. The third-order valence-corrected chi connectivity index (χ3v) is 2.80. The molecule has 2 rings (SSSR count). The van der Waals surface area contributed by atoms with Gasteiger partial charge < -0.3 is 19.8 Å². The molecule has 0 aliphatic rings. The molecule has 0 radical (unpaired) electrons. The Morgan fingerprint density at radius 1 is 1.25 bits per heavy atom. The van der Waals surface area contributed by atoms with Crippen LogP contribution in [0.25, 0.3) is 0 Å². The van der Waals surface area contributed by atoms with E-state index in [1.807, 2.05) is 43.3 Å². The fourth-order valence-corrected chi connectivity index (χ4v) is 1.84. The number of benzene rings is 1. The summed E-state index contributed by atoms with van der Waals surface area (Å²) in [6, 6.07) is 11.4. The van der Waals surface area contributed by atoms with Crippen LogP contribution >= 0.6 is 0 Å². The molecule has 1 amide bonds. The Balaban J connectivity index is 1.93. The molecule has 2 N–H and O–H groups in total. The average molecular weight is 274 g/mol. The Hall–Kier alpha value is -2.27. The summed E-state index contributed by atoms with van der Waals surface area (Å²) in [5, 5.41) is 6.06. The molecule has 0 fully saturated rings. The molecule has 0 bridgehead atoms. The van der Waals surface area contributed by atoms with Gasteiger partial charge in [-0.1, -0.05) is 0 Å². The van der Waals surface area contributed by atoms with Gasteiger partial charge in [0.25, 0.3) is 0 Å². The van der Waals surface area contributed by atoms with Crippen LogP contribution in [0.5, 0.6) is 0 Å². The number of carbonyl (C=O) groups excluding carboxylic acids is 1. The number of nitrogens with one attached hydrogen (secondary N) is 2. The predicted octanol–water partition coefficient (Wildman–Crippen LogP) is 3.04. The van der Waals surface area contributed by atoms with Crippen molar-refractivity contribution in [2.45, 2.75) is 13.0 Å². The predicted molar refractivity (Wildman–Crippen MR) is 77.7 cm³/mol. The van der Waals surface area contributed by atoms with Gasteiger partial charge in [-0.25, -0.2) is 0 Å². The SMILES string of the molecule is COCC(=O)Nc1ccc(NC(C)c2ccco2)cc1. The quantitative estimate of drug-likeness (QED) is 0.850. The summed E-state index contributed by atoms with van der Waals surface area (Å²) in [6.07, 6.45) is 1.65. The molecule has 0 aliphatic carbocycles. The minimum atomic E-state index is -0.169. The van der Waals surface area contributed by atoms with E-state index < -0.39 is 0 Å². The third-order valence-electron chi connectivity index (χ3n) is 2.80. The molecule has 0 aliphatic heterocycles. The first-order valence-corrected chi connectivity index (χ1v) is 6.38. The molecular formula is C15H18N2O3. The fraction of sp³-hybridized carbons (Fsp3) is 0.267. The minimum absolute atomic E-state index is 0.0511. The maximum absolute atomic E-state index is 11.4. The molecule has 0 saturated carbocycles. The van der Waals surface area contributed by atoms with Crippen LogP contribution in [-0.4, -0.2) is 19.6 Å². The van der Waals surface area contributed by atoms with Crippen LogP contribution in [0.1, 0.15) is 18.7 Å². The summed E-state index contributed by atoms with van der Waals surface area (Å²) in [7, 11) is 1.49. The lowest BCUT2D eigenvalue weighted by atomic mass is 10.2. The van der Waals surface area contributed by atoms with Crippen molar-refractivity contribution in [2.75, 3.05) is 24.4 Å². The van der Waals surface area contributed by atoms with E-state index in [-0.39, 0.29) is 18.6 Å². The van der Waals surface area contributed by atoms with Crippen molar-refractivity contribution in [3.05, 3.63) is 48.4 Å². The highest BCUT2D eigenvalue weighted by atomic mass is 16.5. The number of carbonyl (C=O) groups is 1. The van der Waals surface area contributed by atoms with Gasteiger partial charge >= 0.3 is 0 Å². The topological polar surface area (TPSA) is 63.5 Å². The third kappa shape index (κ3) is 3.86. The van der Waals surface area contributed by atoms with Gasteiger partial charge in [0.1, 0.15) is 12.4 Å². The lowest BCUT2D eigenvalue weighted by molar-refractivity contribution is -0.119. The van der Waals surface area contributed by atoms with Gasteiger partial charge in [-0.05, 0) is 43.3 Å². The van der Waals surface area contributed by atoms with Crippen molar-refractivity contribution in [1.82, 2.24) is 0 Å². The number of rotatable bonds is 6. The van der Waals surface area contributed by atoms with Crippen LogP contribution in [0.3, 0.4) is 0 Å². The van der Waals surface area contributed by atoms with Crippen LogP contribution in [0.15, 0.2) is 47.1 Å². The standard InChI is InChI=1S/C15H18N2O3/c1-11(14-4-3-9-20-14)16-12-5-7-13(8-6-12)17-15(18)10-19-2/h3-9,11,16H,10H2,1-2H3,(H,17,18). The lowest BCUT2D eigenvalue weighted by Gasteiger charge is -2.13. The summed E-state index contributed by atoms with van der Waals surface area (Å²) in [5.41, 5.74) is 1.70. The van der Waals surface area contributed by atoms with Crippen LogP contribution in [0.2, 0.25) is 0 Å². The zero-order valence-corrected chi connectivity index (χ0v) is 11.6. The molecule has 1 aromatic heterocycles. The molecule has 106 valence electrons. The van der Waals surface area contributed by atoms with Crippen molar-refractivity contribution in [3.63, 3.8) is 0 Å². The van der Waals surface area contributed by atoms with Crippen molar-refractivity contribution in [3.8, 4) is 0 Å². The lowest BCUT2D eigenvalue weighted by Crippen LogP contribution is -2.17. The summed E-state index contributed by atoms with van der Waals surface area (Å²) in [6.45, 7) is 2.07. The Morgan fingerprint density at radius 3 is 2.55 bits per heavy atom. The van der Waals surface area contributed by atoms with Crippen molar-refractivity contribution in [2.24, 2.45) is 0 Å². The monoisotopic (exact) mass is 274 g/mol. The highest BCUT2D eigenvalue weighted by Gasteiger charge is 2.07. The second-order valence-electron chi connectivity index (χ2n) is 4.44. The zero-order chi connectivity index (χ0) is 14.4. The number of furan rings is 1. The number of hydrogen-bond donors (Lipinski definition) is 2. The normalized spacial score (nSPS) is 11.9. The average Bonchev–Trinajstić information content (AvgIpc) is 2.95. The van der Waals surface area contributed by atoms with Gasteiger partial charge in [-0.2, -0.15) is 0 Å². The largest absolute Gasteiger partial charge is 0.467 e. The van der Waals surface area contributed by atoms with Crippen molar-refractivity contribution >= 4 is 17.3 Å². The molecule has 0 spiro atoms. The molecule has 1 atom stereocenters. The van der Waals surface area contributed by atoms with Gasteiger partial charge in [-0.3, -0.25) is 4.79 Å². The molecule has 1 heterocycles. The Bertz CT molecular complexity index is 535. The molecule has 0 saturated heterocycles. The Kier molecular flexibility index (Phi) is 4.79. The van der Waals surface area contributed by atoms with E-state index in [2.05, 4.69) is 10.6 Å². The Morgan fingerprint density at radius 2 is 1.95 bits per heavy atom. The van der Waals surface area contributed by atoms with Crippen LogP contribution in [0.4, 0.5) is 11.4 Å². The summed E-state index contributed by atoms with van der Waals surface area (Å²) < 4.78 is 10.1. The van der Waals surface area contributed by atoms with Gasteiger partial charge in [0, 0.05) is 18.5 Å². The van der Waals surface area contributed by atoms with Gasteiger partial charge in [0.15, 0.2) is 0 Å². The highest BCUT2D eigenvalue weighted by Crippen LogP contribution is 2.20. The second kappa shape index (κ2) is 6.77. The number of anilines is 2. The first kappa shape index (κ1) is 14.1. The number of methoxy groups -OCH3 is 1. The number of hydrogen-bond acceptors (Lipinski definition) is 4.